The van der Waals surface area contributed by atoms with E-state index in [2.05, 4.69) is 24.0 Å². The summed E-state index contributed by atoms with van der Waals surface area (Å²) in [5, 5.41) is 8.80. The van der Waals surface area contributed by atoms with Gasteiger partial charge in [-0.15, -0.1) is 10.2 Å². The van der Waals surface area contributed by atoms with Crippen molar-refractivity contribution in [3.8, 4) is 5.69 Å². The maximum absolute atomic E-state index is 12.9. The number of ether oxygens (including phenoxy) is 1. The summed E-state index contributed by atoms with van der Waals surface area (Å²) in [7, 11) is 0. The molecule has 7 heteroatoms. The van der Waals surface area contributed by atoms with Crippen LogP contribution in [0.4, 0.5) is 0 Å². The number of carbonyl (C=O) groups is 1. The van der Waals surface area contributed by atoms with Gasteiger partial charge in [0.15, 0.2) is 5.16 Å². The third kappa shape index (κ3) is 3.79. The monoisotopic (exact) mass is 346 g/mol. The first-order chi connectivity index (χ1) is 11.7. The highest BCUT2D eigenvalue weighted by atomic mass is 32.2. The summed E-state index contributed by atoms with van der Waals surface area (Å²) in [6.07, 6.45) is 1.69. The van der Waals surface area contributed by atoms with E-state index in [0.29, 0.717) is 26.3 Å². The Morgan fingerprint density at radius 2 is 1.92 bits per heavy atom. The molecule has 1 saturated heterocycles. The minimum atomic E-state index is -0.185. The van der Waals surface area contributed by atoms with Crippen LogP contribution in [-0.2, 0) is 9.53 Å². The van der Waals surface area contributed by atoms with Crippen LogP contribution in [0.1, 0.15) is 13.8 Å². The number of nitrogens with zero attached hydrogens (tertiary/aromatic N) is 4. The Morgan fingerprint density at radius 1 is 1.21 bits per heavy atom. The Labute approximate surface area is 146 Å². The second-order valence-electron chi connectivity index (χ2n) is 6.04. The molecule has 2 heterocycles. The van der Waals surface area contributed by atoms with Gasteiger partial charge in [-0.2, -0.15) is 0 Å². The van der Waals surface area contributed by atoms with Crippen molar-refractivity contribution >= 4 is 17.7 Å². The van der Waals surface area contributed by atoms with Crippen molar-refractivity contribution in [3.63, 3.8) is 0 Å². The Balaban J connectivity index is 1.79. The van der Waals surface area contributed by atoms with E-state index < -0.39 is 0 Å². The SMILES string of the molecule is CC(C)[C@@H](Sc1nncn1-c1ccccc1)C(=O)N1CCOCC1. The number of thioether (sulfide) groups is 1. The zero-order chi connectivity index (χ0) is 16.9. The van der Waals surface area contributed by atoms with Gasteiger partial charge in [-0.05, 0) is 18.1 Å². The highest BCUT2D eigenvalue weighted by molar-refractivity contribution is 8.00. The summed E-state index contributed by atoms with van der Waals surface area (Å²) < 4.78 is 7.27. The normalized spacial score (nSPS) is 16.4. The fourth-order valence-corrected chi connectivity index (χ4v) is 3.73. The molecular weight excluding hydrogens is 324 g/mol. The van der Waals surface area contributed by atoms with Gasteiger partial charge in [0.25, 0.3) is 0 Å². The summed E-state index contributed by atoms with van der Waals surface area (Å²) in [4.78, 5) is 14.8. The molecule has 1 aromatic heterocycles. The lowest BCUT2D eigenvalue weighted by Crippen LogP contribution is -2.46. The van der Waals surface area contributed by atoms with Gasteiger partial charge in [-0.1, -0.05) is 43.8 Å². The molecule has 1 amide bonds. The molecule has 6 nitrogen and oxygen atoms in total. The molecule has 1 aromatic carbocycles. The molecule has 1 fully saturated rings. The molecule has 1 aliphatic heterocycles. The van der Waals surface area contributed by atoms with Crippen LogP contribution < -0.4 is 0 Å². The number of para-hydroxylation sites is 1. The van der Waals surface area contributed by atoms with E-state index in [1.54, 1.807) is 6.33 Å². The van der Waals surface area contributed by atoms with Crippen LogP contribution in [0, 0.1) is 5.92 Å². The minimum Gasteiger partial charge on any atom is -0.378 e. The van der Waals surface area contributed by atoms with Crippen molar-refractivity contribution in [2.24, 2.45) is 5.92 Å². The molecule has 0 bridgehead atoms. The van der Waals surface area contributed by atoms with E-state index in [-0.39, 0.29) is 17.1 Å². The van der Waals surface area contributed by atoms with Gasteiger partial charge in [0, 0.05) is 18.8 Å². The third-order valence-electron chi connectivity index (χ3n) is 3.95. The van der Waals surface area contributed by atoms with Gasteiger partial charge in [-0.25, -0.2) is 0 Å². The minimum absolute atomic E-state index is 0.154. The number of carbonyl (C=O) groups excluding carboxylic acids is 1. The van der Waals surface area contributed by atoms with Gasteiger partial charge >= 0.3 is 0 Å². The second kappa shape index (κ2) is 7.81. The van der Waals surface area contributed by atoms with Gasteiger partial charge < -0.3 is 9.64 Å². The number of benzene rings is 1. The van der Waals surface area contributed by atoms with Crippen LogP contribution in [0.3, 0.4) is 0 Å². The van der Waals surface area contributed by atoms with Crippen LogP contribution in [0.25, 0.3) is 5.69 Å². The zero-order valence-corrected chi connectivity index (χ0v) is 14.8. The van der Waals surface area contributed by atoms with Crippen molar-refractivity contribution in [1.29, 1.82) is 0 Å². The molecule has 0 spiro atoms. The van der Waals surface area contributed by atoms with E-state index in [1.165, 1.54) is 11.8 Å². The molecule has 1 aliphatic rings. The van der Waals surface area contributed by atoms with Crippen molar-refractivity contribution in [3.05, 3.63) is 36.7 Å². The van der Waals surface area contributed by atoms with Crippen molar-refractivity contribution in [2.75, 3.05) is 26.3 Å². The topological polar surface area (TPSA) is 60.2 Å². The van der Waals surface area contributed by atoms with Crippen molar-refractivity contribution in [1.82, 2.24) is 19.7 Å². The molecule has 128 valence electrons. The third-order valence-corrected chi connectivity index (χ3v) is 5.44. The molecular formula is C17H22N4O2S. The molecule has 0 N–H and O–H groups in total. The van der Waals surface area contributed by atoms with Gasteiger partial charge in [0.05, 0.1) is 18.5 Å². The lowest BCUT2D eigenvalue weighted by atomic mass is 10.1. The predicted molar refractivity (Wildman–Crippen MR) is 93.2 cm³/mol. The van der Waals surface area contributed by atoms with Gasteiger partial charge in [0.2, 0.25) is 5.91 Å². The highest BCUT2D eigenvalue weighted by Gasteiger charge is 2.30. The van der Waals surface area contributed by atoms with Gasteiger partial charge in [0.1, 0.15) is 6.33 Å². The first-order valence-electron chi connectivity index (χ1n) is 8.15. The Kier molecular flexibility index (Phi) is 5.52. The van der Waals surface area contributed by atoms with Crippen LogP contribution in [0.15, 0.2) is 41.8 Å². The molecule has 0 unspecified atom stereocenters. The fraction of sp³-hybridized carbons (Fsp3) is 0.471. The average molecular weight is 346 g/mol. The summed E-state index contributed by atoms with van der Waals surface area (Å²) in [5.41, 5.74) is 0.992. The Morgan fingerprint density at radius 3 is 2.58 bits per heavy atom. The first kappa shape index (κ1) is 17.0. The molecule has 24 heavy (non-hydrogen) atoms. The number of morpholine rings is 1. The molecule has 0 radical (unpaired) electrons. The molecule has 3 rings (SSSR count). The molecule has 0 aliphatic carbocycles. The number of amides is 1. The predicted octanol–water partition coefficient (Wildman–Crippen LogP) is 2.24. The lowest BCUT2D eigenvalue weighted by Gasteiger charge is -2.31. The Hall–Kier alpha value is -1.86. The van der Waals surface area contributed by atoms with Gasteiger partial charge in [-0.3, -0.25) is 9.36 Å². The summed E-state index contributed by atoms with van der Waals surface area (Å²) >= 11 is 1.48. The van der Waals surface area contributed by atoms with Crippen molar-refractivity contribution < 1.29 is 9.53 Å². The maximum Gasteiger partial charge on any atom is 0.236 e. The van der Waals surface area contributed by atoms with E-state index >= 15 is 0 Å². The lowest BCUT2D eigenvalue weighted by molar-refractivity contribution is -0.135. The van der Waals surface area contributed by atoms with Crippen LogP contribution in [0.2, 0.25) is 0 Å². The molecule has 1 atom stereocenters. The number of rotatable bonds is 5. The summed E-state index contributed by atoms with van der Waals surface area (Å²) in [6, 6.07) is 9.92. The summed E-state index contributed by atoms with van der Waals surface area (Å²) in [5.74, 6) is 0.354. The highest BCUT2D eigenvalue weighted by Crippen LogP contribution is 2.30. The number of hydrogen-bond acceptors (Lipinski definition) is 5. The zero-order valence-electron chi connectivity index (χ0n) is 14.0. The van der Waals surface area contributed by atoms with E-state index in [1.807, 2.05) is 39.8 Å². The van der Waals surface area contributed by atoms with E-state index in [9.17, 15) is 4.79 Å². The quantitative estimate of drug-likeness (QED) is 0.777. The van der Waals surface area contributed by atoms with Crippen LogP contribution >= 0.6 is 11.8 Å². The number of hydrogen-bond donors (Lipinski definition) is 0. The largest absolute Gasteiger partial charge is 0.378 e. The average Bonchev–Trinajstić information content (AvgIpc) is 3.08. The van der Waals surface area contributed by atoms with E-state index in [0.717, 1.165) is 10.8 Å². The molecule has 2 aromatic rings. The summed E-state index contributed by atoms with van der Waals surface area (Å²) in [6.45, 7) is 6.68. The molecule has 0 saturated carbocycles. The van der Waals surface area contributed by atoms with Crippen LogP contribution in [0.5, 0.6) is 0 Å². The first-order valence-corrected chi connectivity index (χ1v) is 9.03. The smallest absolute Gasteiger partial charge is 0.236 e. The number of aromatic nitrogens is 3. The Bertz CT molecular complexity index is 668. The van der Waals surface area contributed by atoms with Crippen molar-refractivity contribution in [2.45, 2.75) is 24.3 Å². The fourth-order valence-electron chi connectivity index (χ4n) is 2.62. The standard InChI is InChI=1S/C17H22N4O2S/c1-13(2)15(16(22)20-8-10-23-11-9-20)24-17-19-18-12-21(17)14-6-4-3-5-7-14/h3-7,12-13,15H,8-11H2,1-2H3/t15-/m1/s1. The maximum atomic E-state index is 12.9. The second-order valence-corrected chi connectivity index (χ2v) is 7.15. The van der Waals surface area contributed by atoms with Crippen LogP contribution in [-0.4, -0.2) is 57.1 Å². The van der Waals surface area contributed by atoms with E-state index in [4.69, 9.17) is 4.74 Å².